The quantitative estimate of drug-likeness (QED) is 0.267. The molecule has 9 nitrogen and oxygen atoms in total. The number of alkyl halides is 3. The second-order valence-electron chi connectivity index (χ2n) is 7.65. The molecule has 0 aliphatic heterocycles. The number of urea groups is 1. The number of para-hydroxylation sites is 2. The van der Waals surface area contributed by atoms with Crippen molar-refractivity contribution in [3.8, 4) is 16.9 Å². The van der Waals surface area contributed by atoms with Crippen LogP contribution in [-0.2, 0) is 6.54 Å². The highest BCUT2D eigenvalue weighted by molar-refractivity contribution is 5.99. The van der Waals surface area contributed by atoms with Crippen LogP contribution in [0.5, 0.6) is 5.75 Å². The molecule has 0 bridgehead atoms. The number of rotatable bonds is 10. The van der Waals surface area contributed by atoms with Crippen LogP contribution in [0.25, 0.3) is 11.1 Å². The number of carbonyl (C=O) groups is 1. The fraction of sp³-hybridized carbons (Fsp3) is 0.160. The first-order valence-electron chi connectivity index (χ1n) is 11.0. The molecule has 2 aromatic carbocycles. The van der Waals surface area contributed by atoms with Crippen molar-refractivity contribution < 1.29 is 22.7 Å². The molecule has 0 fully saturated rings. The summed E-state index contributed by atoms with van der Waals surface area (Å²) in [6.45, 7) is 6.98. The predicted molar refractivity (Wildman–Crippen MR) is 135 cm³/mol. The summed E-state index contributed by atoms with van der Waals surface area (Å²) in [4.78, 5) is 31.3. The maximum atomic E-state index is 12.6. The number of nitrogens with one attached hydrogen (secondary N) is 5. The molecule has 194 valence electrons. The summed E-state index contributed by atoms with van der Waals surface area (Å²) in [5.74, 6) is -0.774. The molecule has 0 unspecified atom stereocenters. The van der Waals surface area contributed by atoms with Gasteiger partial charge >= 0.3 is 12.4 Å². The molecule has 0 spiro atoms. The van der Waals surface area contributed by atoms with E-state index in [1.165, 1.54) is 24.4 Å². The van der Waals surface area contributed by atoms with Crippen LogP contribution in [0.1, 0.15) is 12.5 Å². The van der Waals surface area contributed by atoms with Crippen LogP contribution in [0.15, 0.2) is 84.1 Å². The number of halogens is 3. The number of anilines is 2. The Morgan fingerprint density at radius 2 is 1.86 bits per heavy atom. The van der Waals surface area contributed by atoms with E-state index in [-0.39, 0.29) is 17.2 Å². The Hall–Kier alpha value is -4.58. The van der Waals surface area contributed by atoms with Gasteiger partial charge in [-0.1, -0.05) is 49.1 Å². The number of aromatic nitrogens is 2. The highest BCUT2D eigenvalue weighted by atomic mass is 19.4. The lowest BCUT2D eigenvalue weighted by Gasteiger charge is -2.14. The molecule has 3 rings (SSSR count). The second kappa shape index (κ2) is 12.4. The fourth-order valence-corrected chi connectivity index (χ4v) is 3.12. The van der Waals surface area contributed by atoms with E-state index in [9.17, 15) is 22.8 Å². The topological polar surface area (TPSA) is 120 Å². The summed E-state index contributed by atoms with van der Waals surface area (Å²) in [6, 6.07) is 11.4. The average Bonchev–Trinajstić information content (AvgIpc) is 2.84. The van der Waals surface area contributed by atoms with Crippen molar-refractivity contribution in [2.75, 3.05) is 17.2 Å². The number of carbonyl (C=O) groups excluding carboxylic acids is 1. The smallest absolute Gasteiger partial charge is 0.404 e. The van der Waals surface area contributed by atoms with Gasteiger partial charge in [0, 0.05) is 25.0 Å². The first-order valence-corrected chi connectivity index (χ1v) is 11.0. The van der Waals surface area contributed by atoms with Crippen molar-refractivity contribution in [3.05, 3.63) is 95.2 Å². The average molecular weight is 515 g/mol. The van der Waals surface area contributed by atoms with Crippen molar-refractivity contribution in [1.82, 2.24) is 20.6 Å². The number of benzene rings is 2. The third kappa shape index (κ3) is 8.54. The van der Waals surface area contributed by atoms with Crippen LogP contribution >= 0.6 is 0 Å². The van der Waals surface area contributed by atoms with Crippen molar-refractivity contribution in [3.63, 3.8) is 0 Å². The Balaban J connectivity index is 1.59. The fourth-order valence-electron chi connectivity index (χ4n) is 3.12. The van der Waals surface area contributed by atoms with E-state index in [1.54, 1.807) is 18.3 Å². The Kier molecular flexibility index (Phi) is 9.05. The number of hydrogen-bond donors (Lipinski definition) is 5. The Labute approximate surface area is 210 Å². The van der Waals surface area contributed by atoms with Gasteiger partial charge in [0.1, 0.15) is 0 Å². The van der Waals surface area contributed by atoms with E-state index in [0.717, 1.165) is 17.3 Å². The van der Waals surface area contributed by atoms with Gasteiger partial charge in [0.2, 0.25) is 5.95 Å². The predicted octanol–water partition coefficient (Wildman–Crippen LogP) is 4.71. The molecule has 5 N–H and O–H groups in total. The molecule has 0 aliphatic carbocycles. The first kappa shape index (κ1) is 27.0. The number of allylic oxidation sites excluding steroid dienone is 1. The molecule has 12 heteroatoms. The summed E-state index contributed by atoms with van der Waals surface area (Å²) in [5.41, 5.74) is 1.99. The number of aromatic amines is 1. The molecule has 0 aliphatic rings. The minimum Gasteiger partial charge on any atom is -0.404 e. The van der Waals surface area contributed by atoms with E-state index in [0.29, 0.717) is 18.7 Å². The van der Waals surface area contributed by atoms with Crippen LogP contribution < -0.4 is 31.6 Å². The van der Waals surface area contributed by atoms with Crippen LogP contribution in [0, 0.1) is 0 Å². The van der Waals surface area contributed by atoms with Gasteiger partial charge in [0.25, 0.3) is 5.56 Å². The largest absolute Gasteiger partial charge is 0.573 e. The summed E-state index contributed by atoms with van der Waals surface area (Å²) >= 11 is 0. The van der Waals surface area contributed by atoms with Crippen molar-refractivity contribution in [1.29, 1.82) is 0 Å². The van der Waals surface area contributed by atoms with Gasteiger partial charge in [-0.15, -0.1) is 13.2 Å². The maximum absolute atomic E-state index is 12.6. The lowest BCUT2D eigenvalue weighted by molar-refractivity contribution is -0.274. The van der Waals surface area contributed by atoms with Crippen molar-refractivity contribution in [2.45, 2.75) is 19.8 Å². The number of hydrogen-bond acceptors (Lipinski definition) is 6. The molecule has 37 heavy (non-hydrogen) atoms. The number of H-pyrrole nitrogens is 1. The highest BCUT2D eigenvalue weighted by Gasteiger charge is 2.32. The van der Waals surface area contributed by atoms with Gasteiger partial charge in [-0.05, 0) is 36.4 Å². The van der Waals surface area contributed by atoms with Gasteiger partial charge in [-0.25, -0.2) is 9.78 Å². The molecular formula is C25H25F3N6O3. The zero-order valence-electron chi connectivity index (χ0n) is 19.8. The van der Waals surface area contributed by atoms with Gasteiger partial charge < -0.3 is 20.7 Å². The Morgan fingerprint density at radius 1 is 1.14 bits per heavy atom. The lowest BCUT2D eigenvalue weighted by atomic mass is 10.1. The monoisotopic (exact) mass is 514 g/mol. The molecular weight excluding hydrogens is 489 g/mol. The van der Waals surface area contributed by atoms with Crippen molar-refractivity contribution >= 4 is 17.7 Å². The van der Waals surface area contributed by atoms with E-state index < -0.39 is 23.7 Å². The van der Waals surface area contributed by atoms with Gasteiger partial charge in [-0.3, -0.25) is 15.1 Å². The number of ether oxygens (including phenoxy) is 1. The van der Waals surface area contributed by atoms with E-state index >= 15 is 0 Å². The maximum Gasteiger partial charge on any atom is 0.573 e. The van der Waals surface area contributed by atoms with Crippen molar-refractivity contribution in [2.24, 2.45) is 0 Å². The van der Waals surface area contributed by atoms with E-state index in [4.69, 9.17) is 0 Å². The van der Waals surface area contributed by atoms with Gasteiger partial charge in [0.15, 0.2) is 5.75 Å². The van der Waals surface area contributed by atoms with Crippen LogP contribution in [0.4, 0.5) is 29.6 Å². The Bertz CT molecular complexity index is 1320. The van der Waals surface area contributed by atoms with E-state index in [1.807, 2.05) is 25.1 Å². The Morgan fingerprint density at radius 3 is 2.54 bits per heavy atom. The zero-order chi connectivity index (χ0) is 26.8. The second-order valence-corrected chi connectivity index (χ2v) is 7.65. The summed E-state index contributed by atoms with van der Waals surface area (Å²) in [5, 5.41) is 10.8. The van der Waals surface area contributed by atoms with Gasteiger partial charge in [-0.2, -0.15) is 0 Å². The summed E-state index contributed by atoms with van der Waals surface area (Å²) in [6.07, 6.45) is 0.0308. The number of amides is 2. The molecule has 0 saturated carbocycles. The molecule has 1 heterocycles. The molecule has 0 atom stereocenters. The molecule has 0 radical (unpaired) electrons. The minimum atomic E-state index is -4.93. The summed E-state index contributed by atoms with van der Waals surface area (Å²) in [7, 11) is 0. The molecule has 3 aromatic rings. The van der Waals surface area contributed by atoms with Crippen LogP contribution in [-0.4, -0.2) is 28.9 Å². The zero-order valence-corrected chi connectivity index (χ0v) is 19.8. The number of nitrogens with zero attached hydrogens (tertiary/aromatic N) is 1. The normalized spacial score (nSPS) is 11.2. The lowest BCUT2D eigenvalue weighted by Crippen LogP contribution is -2.24. The van der Waals surface area contributed by atoms with E-state index in [2.05, 4.69) is 42.6 Å². The third-order valence-corrected chi connectivity index (χ3v) is 4.78. The highest BCUT2D eigenvalue weighted by Crippen LogP contribution is 2.30. The first-order chi connectivity index (χ1) is 17.6. The van der Waals surface area contributed by atoms with Crippen LogP contribution in [0.2, 0.25) is 0 Å². The van der Waals surface area contributed by atoms with Crippen LogP contribution in [0.3, 0.4) is 0 Å². The molecule has 1 aromatic heterocycles. The SMILES string of the molecule is C=C(CNCc1ccc(-c2cnc(NC(=O)Nc3ccccc3OC(F)(F)F)[nH]c2=O)cc1)N/C=C\C. The minimum absolute atomic E-state index is 0.187. The standard InChI is InChI=1S/C25H25F3N6O3/c1-3-12-30-16(2)13-29-14-17-8-10-18(11-9-17)19-15-31-23(33-22(19)35)34-24(36)32-20-6-4-5-7-21(20)37-25(26,27)28/h3-12,15,29-30H,2,13-14H2,1H3,(H3,31,32,33,34,35,36)/b12-3-. The molecule has 2 amide bonds. The third-order valence-electron chi connectivity index (χ3n) is 4.78. The van der Waals surface area contributed by atoms with Gasteiger partial charge in [0.05, 0.1) is 11.3 Å². The summed E-state index contributed by atoms with van der Waals surface area (Å²) < 4.78 is 41.6. The molecule has 0 saturated heterocycles.